The molecule has 0 radical (unpaired) electrons. The van der Waals surface area contributed by atoms with E-state index in [1.165, 1.54) is 0 Å². The number of hydrogen-bond donors (Lipinski definition) is 2. The van der Waals surface area contributed by atoms with E-state index in [9.17, 15) is 14.8 Å². The van der Waals surface area contributed by atoms with Crippen molar-refractivity contribution in [2.45, 2.75) is 6.10 Å². The highest BCUT2D eigenvalue weighted by molar-refractivity contribution is 7.84. The summed E-state index contributed by atoms with van der Waals surface area (Å²) in [5, 5.41) is 12.0. The van der Waals surface area contributed by atoms with E-state index in [0.29, 0.717) is 11.3 Å². The molecule has 0 saturated carbocycles. The summed E-state index contributed by atoms with van der Waals surface area (Å²) in [5.41, 5.74) is 0.171. The van der Waals surface area contributed by atoms with Crippen LogP contribution in [0.4, 0.5) is 0 Å². The van der Waals surface area contributed by atoms with E-state index in [2.05, 4.69) is 17.8 Å². The zero-order valence-corrected chi connectivity index (χ0v) is 8.85. The molecule has 0 fully saturated rings. The number of nitroso groups, excluding NO2 is 1. The predicted octanol–water partition coefficient (Wildman–Crippen LogP) is 1.55. The molecule has 5 nitrogen and oxygen atoms in total. The smallest absolute Gasteiger partial charge is 0.320 e. The topological polar surface area (TPSA) is 76.0 Å². The van der Waals surface area contributed by atoms with Gasteiger partial charge in [0.15, 0.2) is 5.09 Å². The number of para-hydroxylation sites is 1. The SMILES string of the molecule is O=NC(=O)C1=C(S)Oc2ccccc2C1O. The van der Waals surface area contributed by atoms with Crippen LogP contribution in [0.15, 0.2) is 40.1 Å². The maximum atomic E-state index is 11.2. The summed E-state index contributed by atoms with van der Waals surface area (Å²) in [6.45, 7) is 0. The average Bonchev–Trinajstić information content (AvgIpc) is 2.28. The number of hydrogen-bond acceptors (Lipinski definition) is 5. The van der Waals surface area contributed by atoms with Gasteiger partial charge in [-0.15, -0.1) is 17.5 Å². The quantitative estimate of drug-likeness (QED) is 0.574. The number of ether oxygens (including phenoxy) is 1. The van der Waals surface area contributed by atoms with E-state index >= 15 is 0 Å². The molecule has 82 valence electrons. The summed E-state index contributed by atoms with van der Waals surface area (Å²) in [5.74, 6) is -0.672. The molecule has 0 spiro atoms. The lowest BCUT2D eigenvalue weighted by atomic mass is 9.99. The van der Waals surface area contributed by atoms with Gasteiger partial charge < -0.3 is 9.84 Å². The minimum atomic E-state index is -1.23. The Labute approximate surface area is 96.1 Å². The number of carbonyl (C=O) groups is 1. The van der Waals surface area contributed by atoms with Gasteiger partial charge in [-0.3, -0.25) is 4.79 Å². The summed E-state index contributed by atoms with van der Waals surface area (Å²) in [4.78, 5) is 21.3. The van der Waals surface area contributed by atoms with Gasteiger partial charge in [0.25, 0.3) is 0 Å². The van der Waals surface area contributed by atoms with Crippen molar-refractivity contribution in [2.24, 2.45) is 5.18 Å². The molecule has 1 N–H and O–H groups in total. The van der Waals surface area contributed by atoms with Crippen LogP contribution in [0.3, 0.4) is 0 Å². The normalized spacial score (nSPS) is 18.8. The molecule has 0 saturated heterocycles. The molecule has 1 aliphatic heterocycles. The van der Waals surface area contributed by atoms with Crippen molar-refractivity contribution >= 4 is 18.5 Å². The van der Waals surface area contributed by atoms with Gasteiger partial charge in [-0.1, -0.05) is 18.2 Å². The van der Waals surface area contributed by atoms with Crippen LogP contribution in [0.1, 0.15) is 11.7 Å². The lowest BCUT2D eigenvalue weighted by molar-refractivity contribution is -0.115. The summed E-state index contributed by atoms with van der Waals surface area (Å²) in [6.07, 6.45) is -1.23. The van der Waals surface area contributed by atoms with Gasteiger partial charge in [-0.05, 0) is 6.07 Å². The predicted molar refractivity (Wildman–Crippen MR) is 58.8 cm³/mol. The molecule has 1 unspecified atom stereocenters. The third-order valence-electron chi connectivity index (χ3n) is 2.24. The Balaban J connectivity index is 2.51. The van der Waals surface area contributed by atoms with Crippen molar-refractivity contribution in [1.29, 1.82) is 0 Å². The molecule has 1 aliphatic rings. The molecular weight excluding hydrogens is 230 g/mol. The fourth-order valence-corrected chi connectivity index (χ4v) is 1.80. The van der Waals surface area contributed by atoms with E-state index in [4.69, 9.17) is 4.74 Å². The van der Waals surface area contributed by atoms with E-state index in [-0.39, 0.29) is 10.7 Å². The van der Waals surface area contributed by atoms with Crippen LogP contribution in [0, 0.1) is 4.91 Å². The highest BCUT2D eigenvalue weighted by atomic mass is 32.1. The number of amides is 1. The van der Waals surface area contributed by atoms with E-state index in [0.717, 1.165) is 0 Å². The number of nitrogens with zero attached hydrogens (tertiary/aromatic N) is 1. The molecule has 0 bridgehead atoms. The van der Waals surface area contributed by atoms with Crippen LogP contribution < -0.4 is 4.74 Å². The van der Waals surface area contributed by atoms with E-state index in [1.54, 1.807) is 24.3 Å². The van der Waals surface area contributed by atoms with Crippen LogP contribution in [0.5, 0.6) is 5.75 Å². The van der Waals surface area contributed by atoms with Crippen LogP contribution in [0.2, 0.25) is 0 Å². The van der Waals surface area contributed by atoms with Gasteiger partial charge in [0.05, 0.1) is 0 Å². The molecule has 0 aromatic heterocycles. The molecule has 2 rings (SSSR count). The highest BCUT2D eigenvalue weighted by Crippen LogP contribution is 2.38. The summed E-state index contributed by atoms with van der Waals surface area (Å²) in [6, 6.07) is 6.63. The number of aliphatic hydroxyl groups excluding tert-OH is 1. The zero-order valence-electron chi connectivity index (χ0n) is 7.95. The van der Waals surface area contributed by atoms with Crippen LogP contribution >= 0.6 is 12.6 Å². The molecule has 16 heavy (non-hydrogen) atoms. The van der Waals surface area contributed by atoms with Gasteiger partial charge in [-0.25, -0.2) is 0 Å². The first-order valence-corrected chi connectivity index (χ1v) is 4.85. The zero-order chi connectivity index (χ0) is 11.7. The molecule has 1 amide bonds. The fourth-order valence-electron chi connectivity index (χ4n) is 1.49. The minimum absolute atomic E-state index is 0.101. The third-order valence-corrected chi connectivity index (χ3v) is 2.57. The third kappa shape index (κ3) is 1.62. The van der Waals surface area contributed by atoms with Crippen molar-refractivity contribution in [1.82, 2.24) is 0 Å². The fraction of sp³-hybridized carbons (Fsp3) is 0.100. The van der Waals surface area contributed by atoms with Crippen molar-refractivity contribution in [2.75, 3.05) is 0 Å². The summed E-state index contributed by atoms with van der Waals surface area (Å²) < 4.78 is 5.20. The van der Waals surface area contributed by atoms with Crippen molar-refractivity contribution in [3.05, 3.63) is 45.4 Å². The standard InChI is InChI=1S/C10H7NO4S/c12-8-5-3-1-2-4-6(5)15-10(16)7(8)9(13)11-14/h1-4,8,12,16H. The van der Waals surface area contributed by atoms with Crippen molar-refractivity contribution < 1.29 is 14.6 Å². The monoisotopic (exact) mass is 237 g/mol. The van der Waals surface area contributed by atoms with Crippen molar-refractivity contribution in [3.63, 3.8) is 0 Å². The van der Waals surface area contributed by atoms with E-state index in [1.807, 2.05) is 0 Å². The molecular formula is C10H7NO4S. The minimum Gasteiger partial charge on any atom is -0.450 e. The van der Waals surface area contributed by atoms with Gasteiger partial charge in [0.2, 0.25) is 0 Å². The van der Waals surface area contributed by atoms with Gasteiger partial charge >= 0.3 is 5.91 Å². The Bertz CT molecular complexity index is 497. The number of benzene rings is 1. The molecule has 6 heteroatoms. The van der Waals surface area contributed by atoms with Crippen LogP contribution in [-0.2, 0) is 4.79 Å². The molecule has 1 atom stereocenters. The largest absolute Gasteiger partial charge is 0.450 e. The molecule has 1 heterocycles. The number of fused-ring (bicyclic) bond motifs is 1. The van der Waals surface area contributed by atoms with Crippen LogP contribution in [0.25, 0.3) is 0 Å². The first-order chi connectivity index (χ1) is 7.65. The second-order valence-electron chi connectivity index (χ2n) is 3.16. The molecule has 0 aliphatic carbocycles. The maximum Gasteiger partial charge on any atom is 0.320 e. The van der Waals surface area contributed by atoms with Crippen molar-refractivity contribution in [3.8, 4) is 5.75 Å². The summed E-state index contributed by atoms with van der Waals surface area (Å²) >= 11 is 3.91. The maximum absolute atomic E-state index is 11.2. The Kier molecular flexibility index (Phi) is 2.76. The van der Waals surface area contributed by atoms with Crippen LogP contribution in [-0.4, -0.2) is 11.0 Å². The average molecular weight is 237 g/mol. The molecule has 1 aromatic carbocycles. The Morgan fingerprint density at radius 1 is 1.44 bits per heavy atom. The number of thiol groups is 1. The first-order valence-electron chi connectivity index (χ1n) is 4.41. The lowest BCUT2D eigenvalue weighted by Crippen LogP contribution is -2.18. The van der Waals surface area contributed by atoms with Gasteiger partial charge in [-0.2, -0.15) is 0 Å². The first kappa shape index (κ1) is 10.8. The highest BCUT2D eigenvalue weighted by Gasteiger charge is 2.31. The second-order valence-corrected chi connectivity index (χ2v) is 3.56. The molecule has 1 aromatic rings. The van der Waals surface area contributed by atoms with Gasteiger partial charge in [0.1, 0.15) is 17.4 Å². The second kappa shape index (κ2) is 4.07. The summed E-state index contributed by atoms with van der Waals surface area (Å²) in [7, 11) is 0. The Morgan fingerprint density at radius 3 is 2.81 bits per heavy atom. The van der Waals surface area contributed by atoms with Gasteiger partial charge in [0, 0.05) is 10.7 Å². The number of carbonyl (C=O) groups excluding carboxylic acids is 1. The number of rotatable bonds is 1. The Morgan fingerprint density at radius 2 is 2.12 bits per heavy atom. The Hall–Kier alpha value is -1.66. The number of aliphatic hydroxyl groups is 1. The lowest BCUT2D eigenvalue weighted by Gasteiger charge is -2.23. The van der Waals surface area contributed by atoms with E-state index < -0.39 is 12.0 Å².